The average molecular weight is 404 g/mol. The van der Waals surface area contributed by atoms with Crippen molar-refractivity contribution in [2.45, 2.75) is 0 Å². The van der Waals surface area contributed by atoms with Gasteiger partial charge >= 0.3 is 0 Å². The van der Waals surface area contributed by atoms with Gasteiger partial charge in [0.2, 0.25) is 0 Å². The van der Waals surface area contributed by atoms with Crippen molar-refractivity contribution >= 4 is 38.7 Å². The van der Waals surface area contributed by atoms with Crippen molar-refractivity contribution < 1.29 is 9.84 Å². The van der Waals surface area contributed by atoms with Crippen molar-refractivity contribution in [3.63, 3.8) is 0 Å². The van der Waals surface area contributed by atoms with Crippen molar-refractivity contribution in [3.8, 4) is 16.2 Å². The summed E-state index contributed by atoms with van der Waals surface area (Å²) >= 11 is 1.66. The van der Waals surface area contributed by atoms with E-state index in [0.29, 0.717) is 0 Å². The van der Waals surface area contributed by atoms with Crippen LogP contribution in [0.5, 0.6) is 5.75 Å². The van der Waals surface area contributed by atoms with Crippen LogP contribution in [0.4, 0.5) is 17.2 Å². The van der Waals surface area contributed by atoms with E-state index in [-0.39, 0.29) is 5.75 Å². The molecule has 0 radical (unpaired) electrons. The predicted molar refractivity (Wildman–Crippen MR) is 117 cm³/mol. The maximum absolute atomic E-state index is 9.69. The zero-order valence-corrected chi connectivity index (χ0v) is 16.5. The van der Waals surface area contributed by atoms with Crippen LogP contribution >= 0.6 is 11.3 Å². The Kier molecular flexibility index (Phi) is 4.75. The Hall–Kier alpha value is -3.16. The summed E-state index contributed by atoms with van der Waals surface area (Å²) in [5.41, 5.74) is 4.08. The van der Waals surface area contributed by atoms with E-state index >= 15 is 0 Å². The average Bonchev–Trinajstić information content (AvgIpc) is 3.20. The number of benzene rings is 2. The van der Waals surface area contributed by atoms with Gasteiger partial charge in [-0.05, 0) is 35.9 Å². The Morgan fingerprint density at radius 2 is 1.83 bits per heavy atom. The number of hydrogen-bond donors (Lipinski definition) is 2. The Morgan fingerprint density at radius 1 is 1.00 bits per heavy atom. The van der Waals surface area contributed by atoms with Crippen LogP contribution < -0.4 is 10.2 Å². The molecule has 0 aliphatic carbocycles. The molecule has 1 aliphatic rings. The molecule has 1 saturated heterocycles. The number of hydrogen-bond acceptors (Lipinski definition) is 7. The lowest BCUT2D eigenvalue weighted by Gasteiger charge is -2.28. The largest absolute Gasteiger partial charge is 0.508 e. The Morgan fingerprint density at radius 3 is 2.62 bits per heavy atom. The zero-order valence-electron chi connectivity index (χ0n) is 15.7. The molecule has 0 bridgehead atoms. The highest BCUT2D eigenvalue weighted by molar-refractivity contribution is 7.22. The van der Waals surface area contributed by atoms with Crippen LogP contribution in [0.25, 0.3) is 20.7 Å². The van der Waals surface area contributed by atoms with Gasteiger partial charge in [0.05, 0.1) is 23.4 Å². The smallest absolute Gasteiger partial charge is 0.151 e. The Labute approximate surface area is 172 Å². The van der Waals surface area contributed by atoms with E-state index in [9.17, 15) is 5.11 Å². The zero-order chi connectivity index (χ0) is 19.6. The molecule has 7 heteroatoms. The van der Waals surface area contributed by atoms with E-state index in [1.807, 2.05) is 6.07 Å². The fourth-order valence-electron chi connectivity index (χ4n) is 3.46. The lowest BCUT2D eigenvalue weighted by molar-refractivity contribution is 0.122. The third-order valence-electron chi connectivity index (χ3n) is 4.95. The number of fused-ring (bicyclic) bond motifs is 1. The molecule has 4 aromatic rings. The van der Waals surface area contributed by atoms with Crippen molar-refractivity contribution in [3.05, 3.63) is 60.9 Å². The Bertz CT molecular complexity index is 1140. The summed E-state index contributed by atoms with van der Waals surface area (Å²) in [6, 6.07) is 17.8. The van der Waals surface area contributed by atoms with Gasteiger partial charge in [0, 0.05) is 35.4 Å². The molecule has 2 aromatic heterocycles. The lowest BCUT2D eigenvalue weighted by atomic mass is 10.1. The molecule has 1 fully saturated rings. The predicted octanol–water partition coefficient (Wildman–Crippen LogP) is 4.64. The molecule has 29 heavy (non-hydrogen) atoms. The number of rotatable bonds is 4. The second-order valence-electron chi connectivity index (χ2n) is 6.87. The normalized spacial score (nSPS) is 14.3. The molecule has 2 N–H and O–H groups in total. The van der Waals surface area contributed by atoms with Gasteiger partial charge in [-0.3, -0.25) is 0 Å². The van der Waals surface area contributed by atoms with Crippen molar-refractivity contribution in [1.82, 2.24) is 9.97 Å². The fourth-order valence-corrected chi connectivity index (χ4v) is 4.53. The summed E-state index contributed by atoms with van der Waals surface area (Å²) < 4.78 is 6.42. The van der Waals surface area contributed by atoms with E-state index in [4.69, 9.17) is 4.74 Å². The minimum absolute atomic E-state index is 0.215. The topological polar surface area (TPSA) is 70.5 Å². The minimum atomic E-state index is 0.215. The van der Waals surface area contributed by atoms with Gasteiger partial charge in [0.25, 0.3) is 0 Å². The number of nitrogens with zero attached hydrogens (tertiary/aromatic N) is 3. The molecular weight excluding hydrogens is 384 g/mol. The summed E-state index contributed by atoms with van der Waals surface area (Å²) in [5, 5.41) is 13.0. The third-order valence-corrected chi connectivity index (χ3v) is 6.13. The summed E-state index contributed by atoms with van der Waals surface area (Å²) in [6.45, 7) is 3.43. The van der Waals surface area contributed by atoms with E-state index in [1.165, 1.54) is 5.69 Å². The molecule has 0 spiro atoms. The lowest BCUT2D eigenvalue weighted by Crippen LogP contribution is -2.36. The van der Waals surface area contributed by atoms with Gasteiger partial charge in [0.15, 0.2) is 5.82 Å². The van der Waals surface area contributed by atoms with Gasteiger partial charge in [-0.2, -0.15) is 0 Å². The number of aromatic hydroxyl groups is 1. The standard InChI is InChI=1S/C22H20N4O2S/c27-18-3-1-2-16(12-18)25-22-21-19(23-14-24-22)13-20(29-21)15-4-6-17(7-5-15)26-8-10-28-11-9-26/h1-7,12-14,27H,8-11H2,(H,23,24,25). The first-order chi connectivity index (χ1) is 14.3. The van der Waals surface area contributed by atoms with Crippen molar-refractivity contribution in [1.29, 1.82) is 0 Å². The first-order valence-corrected chi connectivity index (χ1v) is 10.3. The van der Waals surface area contributed by atoms with E-state index in [2.05, 4.69) is 50.5 Å². The maximum atomic E-state index is 9.69. The van der Waals surface area contributed by atoms with Crippen LogP contribution in [0.2, 0.25) is 0 Å². The molecule has 0 unspecified atom stereocenters. The van der Waals surface area contributed by atoms with Gasteiger partial charge in [-0.1, -0.05) is 18.2 Å². The molecule has 0 saturated carbocycles. The van der Waals surface area contributed by atoms with Crippen molar-refractivity contribution in [2.24, 2.45) is 0 Å². The number of phenolic OH excluding ortho intramolecular Hbond substituents is 1. The van der Waals surface area contributed by atoms with Gasteiger partial charge in [-0.15, -0.1) is 11.3 Å². The molecule has 3 heterocycles. The van der Waals surface area contributed by atoms with Crippen LogP contribution in [0.3, 0.4) is 0 Å². The third kappa shape index (κ3) is 3.74. The molecular formula is C22H20N4O2S. The van der Waals surface area contributed by atoms with Gasteiger partial charge in [-0.25, -0.2) is 9.97 Å². The monoisotopic (exact) mass is 404 g/mol. The molecule has 0 atom stereocenters. The number of thiophene rings is 1. The van der Waals surface area contributed by atoms with Crippen molar-refractivity contribution in [2.75, 3.05) is 36.5 Å². The number of aromatic nitrogens is 2. The van der Waals surface area contributed by atoms with Crippen LogP contribution in [0.1, 0.15) is 0 Å². The number of nitrogens with one attached hydrogen (secondary N) is 1. The van der Waals surface area contributed by atoms with Crippen LogP contribution in [-0.4, -0.2) is 41.4 Å². The molecule has 146 valence electrons. The SMILES string of the molecule is Oc1cccc(Nc2ncnc3cc(-c4ccc(N5CCOCC5)cc4)sc23)c1. The Balaban J connectivity index is 1.44. The van der Waals surface area contributed by atoms with Crippen LogP contribution in [0.15, 0.2) is 60.9 Å². The number of morpholine rings is 1. The molecule has 5 rings (SSSR count). The number of anilines is 3. The number of ether oxygens (including phenoxy) is 1. The minimum Gasteiger partial charge on any atom is -0.508 e. The maximum Gasteiger partial charge on any atom is 0.151 e. The summed E-state index contributed by atoms with van der Waals surface area (Å²) in [4.78, 5) is 12.3. The highest BCUT2D eigenvalue weighted by Crippen LogP contribution is 2.37. The summed E-state index contributed by atoms with van der Waals surface area (Å²) in [6.07, 6.45) is 1.56. The molecule has 1 aliphatic heterocycles. The fraction of sp³-hybridized carbons (Fsp3) is 0.182. The first-order valence-electron chi connectivity index (χ1n) is 9.50. The quantitative estimate of drug-likeness (QED) is 0.516. The highest BCUT2D eigenvalue weighted by Gasteiger charge is 2.13. The first kappa shape index (κ1) is 17.9. The van der Waals surface area contributed by atoms with Crippen LogP contribution in [-0.2, 0) is 4.74 Å². The van der Waals surface area contributed by atoms with Gasteiger partial charge < -0.3 is 20.1 Å². The second kappa shape index (κ2) is 7.69. The van der Waals surface area contributed by atoms with Crippen LogP contribution in [0, 0.1) is 0 Å². The summed E-state index contributed by atoms with van der Waals surface area (Å²) in [5.74, 6) is 0.953. The van der Waals surface area contributed by atoms with E-state index < -0.39 is 0 Å². The van der Waals surface area contributed by atoms with E-state index in [1.54, 1.807) is 35.9 Å². The summed E-state index contributed by atoms with van der Waals surface area (Å²) in [7, 11) is 0. The van der Waals surface area contributed by atoms with Gasteiger partial charge in [0.1, 0.15) is 12.1 Å². The molecule has 0 amide bonds. The molecule has 6 nitrogen and oxygen atoms in total. The van der Waals surface area contributed by atoms with E-state index in [0.717, 1.165) is 58.5 Å². The molecule has 2 aromatic carbocycles. The highest BCUT2D eigenvalue weighted by atomic mass is 32.1. The number of phenols is 1. The second-order valence-corrected chi connectivity index (χ2v) is 7.92.